The fraction of sp³-hybridized carbons (Fsp3) is 0.542. The molecule has 20 nitrogen and oxygen atoms in total. The van der Waals surface area contributed by atoms with E-state index in [1.165, 1.54) is 0 Å². The number of amides is 2. The largest absolute Gasteiger partial charge is 0.379 e. The fourth-order valence-corrected chi connectivity index (χ4v) is 9.53. The summed E-state index contributed by atoms with van der Waals surface area (Å²) in [7, 11) is 0. The zero-order valence-corrected chi connectivity index (χ0v) is 39.5. The van der Waals surface area contributed by atoms with E-state index in [0.29, 0.717) is 101 Å². The number of carbonyl (C=O) groups excluding carboxylic acids is 2. The first-order valence-corrected chi connectivity index (χ1v) is 23.5. The molecule has 4 aromatic heterocycles. The first-order chi connectivity index (χ1) is 32.9. The number of nitriles is 2. The molecule has 0 aliphatic carbocycles. The molecule has 4 aliphatic heterocycles. The van der Waals surface area contributed by atoms with E-state index < -0.39 is 0 Å². The lowest BCUT2D eigenvalue weighted by Gasteiger charge is -2.40. The summed E-state index contributed by atoms with van der Waals surface area (Å²) in [6, 6.07) is 11.9. The highest BCUT2D eigenvalue weighted by molar-refractivity contribution is 5.77. The van der Waals surface area contributed by atoms with E-state index >= 15 is 0 Å². The van der Waals surface area contributed by atoms with Gasteiger partial charge in [0.25, 0.3) is 11.1 Å². The SMILES string of the molecule is Cc1c(N2CCC[C@H]2COCCC(=O)N2CCN(c3ccc(C#N)cn3)C[C@@H]2C)cn[nH]c1=O.Cc1c(N2CCC[C@H]2COCCC(=O)N2CCN(c3ccc(C#N)cn3)C[C@H]2C)cn[nH]c1=O. The van der Waals surface area contributed by atoms with Gasteiger partial charge in [-0.25, -0.2) is 20.2 Å². The molecule has 0 saturated carbocycles. The monoisotopic (exact) mass is 930 g/mol. The van der Waals surface area contributed by atoms with Gasteiger partial charge in [-0.2, -0.15) is 20.7 Å². The molecule has 4 aliphatic rings. The predicted molar refractivity (Wildman–Crippen MR) is 255 cm³/mol. The van der Waals surface area contributed by atoms with Crippen LogP contribution in [-0.4, -0.2) is 155 Å². The Kier molecular flexibility index (Phi) is 16.7. The van der Waals surface area contributed by atoms with Crippen LogP contribution in [0.25, 0.3) is 0 Å². The molecular weight excluding hydrogens is 869 g/mol. The summed E-state index contributed by atoms with van der Waals surface area (Å²) < 4.78 is 11.8. The fourth-order valence-electron chi connectivity index (χ4n) is 9.53. The van der Waals surface area contributed by atoms with Crippen molar-refractivity contribution in [2.75, 3.05) is 98.4 Å². The quantitative estimate of drug-likeness (QED) is 0.173. The number of rotatable bonds is 14. The Labute approximate surface area is 396 Å². The van der Waals surface area contributed by atoms with Gasteiger partial charge in [0.05, 0.1) is 86.2 Å². The highest BCUT2D eigenvalue weighted by atomic mass is 16.5. The number of aromatic nitrogens is 6. The molecule has 68 heavy (non-hydrogen) atoms. The molecule has 0 unspecified atom stereocenters. The lowest BCUT2D eigenvalue weighted by Crippen LogP contribution is -2.54. The van der Waals surface area contributed by atoms with Crippen LogP contribution < -0.4 is 30.7 Å². The lowest BCUT2D eigenvalue weighted by atomic mass is 10.1. The minimum Gasteiger partial charge on any atom is -0.379 e. The van der Waals surface area contributed by atoms with Gasteiger partial charge in [0.15, 0.2) is 0 Å². The standard InChI is InChI=1S/2C24H31N7O3/c2*1-17-15-29(22-6-5-19(12-25)13-26-22)9-10-30(17)23(32)7-11-34-16-20-4-3-8-31(20)21-14-27-28-24(33)18(21)2/h2*5-6,13-14,17,20H,3-4,7-11,15-16H2,1-2H3,(H,28,33)/t17-,20+;17-,20-/m10/s1. The normalized spacial score (nSPS) is 20.4. The molecule has 4 aromatic rings. The maximum absolute atomic E-state index is 12.8. The Balaban J connectivity index is 0.000000201. The van der Waals surface area contributed by atoms with Gasteiger partial charge in [0.2, 0.25) is 11.8 Å². The second-order valence-electron chi connectivity index (χ2n) is 17.8. The molecule has 20 heteroatoms. The highest BCUT2D eigenvalue weighted by Crippen LogP contribution is 2.28. The molecule has 0 radical (unpaired) electrons. The van der Waals surface area contributed by atoms with Crippen molar-refractivity contribution in [1.82, 2.24) is 40.2 Å². The van der Waals surface area contributed by atoms with Crippen LogP contribution in [0, 0.1) is 36.5 Å². The van der Waals surface area contributed by atoms with Crippen LogP contribution >= 0.6 is 0 Å². The van der Waals surface area contributed by atoms with Crippen LogP contribution in [0.2, 0.25) is 0 Å². The molecule has 4 atom stereocenters. The number of anilines is 4. The van der Waals surface area contributed by atoms with E-state index in [1.54, 1.807) is 36.9 Å². The number of hydrogen-bond acceptors (Lipinski definition) is 16. The summed E-state index contributed by atoms with van der Waals surface area (Å²) in [6.07, 6.45) is 11.3. The van der Waals surface area contributed by atoms with Crippen molar-refractivity contribution in [3.63, 3.8) is 0 Å². The van der Waals surface area contributed by atoms with Crippen molar-refractivity contribution in [3.05, 3.63) is 92.0 Å². The van der Waals surface area contributed by atoms with Gasteiger partial charge in [-0.3, -0.25) is 19.2 Å². The van der Waals surface area contributed by atoms with Crippen molar-refractivity contribution in [2.45, 2.75) is 90.4 Å². The predicted octanol–water partition coefficient (Wildman–Crippen LogP) is 2.92. The molecule has 0 aromatic carbocycles. The average Bonchev–Trinajstić information content (AvgIpc) is 4.03. The number of nitrogens with zero attached hydrogens (tertiary/aromatic N) is 12. The molecule has 8 heterocycles. The lowest BCUT2D eigenvalue weighted by molar-refractivity contribution is -0.135. The molecule has 0 bridgehead atoms. The number of H-pyrrole nitrogens is 2. The molecule has 0 spiro atoms. The van der Waals surface area contributed by atoms with Crippen molar-refractivity contribution < 1.29 is 19.1 Å². The van der Waals surface area contributed by atoms with Gasteiger partial charge in [-0.15, -0.1) is 0 Å². The third kappa shape index (κ3) is 12.0. The van der Waals surface area contributed by atoms with Crippen LogP contribution in [0.3, 0.4) is 0 Å². The maximum Gasteiger partial charge on any atom is 0.269 e. The number of pyridine rings is 2. The summed E-state index contributed by atoms with van der Waals surface area (Å²) in [5.41, 5.74) is 3.79. The summed E-state index contributed by atoms with van der Waals surface area (Å²) in [5.74, 6) is 1.84. The smallest absolute Gasteiger partial charge is 0.269 e. The Morgan fingerprint density at radius 1 is 0.647 bits per heavy atom. The Bertz CT molecular complexity index is 2360. The van der Waals surface area contributed by atoms with Gasteiger partial charge < -0.3 is 38.9 Å². The molecule has 2 amide bonds. The second kappa shape index (κ2) is 23.2. The summed E-state index contributed by atoms with van der Waals surface area (Å²) in [5, 5.41) is 30.7. The maximum atomic E-state index is 12.8. The summed E-state index contributed by atoms with van der Waals surface area (Å²) >= 11 is 0. The molecule has 4 fully saturated rings. The minimum absolute atomic E-state index is 0.0654. The minimum atomic E-state index is -0.168. The molecule has 2 N–H and O–H groups in total. The Hall–Kier alpha value is -6.90. The van der Waals surface area contributed by atoms with Crippen LogP contribution in [0.5, 0.6) is 0 Å². The summed E-state index contributed by atoms with van der Waals surface area (Å²) in [4.78, 5) is 70.7. The van der Waals surface area contributed by atoms with E-state index in [1.807, 2.05) is 49.6 Å². The molecule has 360 valence electrons. The topological polar surface area (TPSA) is 237 Å². The second-order valence-corrected chi connectivity index (χ2v) is 17.8. The van der Waals surface area contributed by atoms with Crippen molar-refractivity contribution in [2.24, 2.45) is 0 Å². The van der Waals surface area contributed by atoms with E-state index in [2.05, 4.69) is 62.1 Å². The van der Waals surface area contributed by atoms with E-state index in [9.17, 15) is 19.2 Å². The number of aromatic amines is 2. The Morgan fingerprint density at radius 3 is 1.44 bits per heavy atom. The van der Waals surface area contributed by atoms with Gasteiger partial charge in [-0.05, 0) is 77.6 Å². The van der Waals surface area contributed by atoms with Crippen LogP contribution in [0.4, 0.5) is 23.0 Å². The first-order valence-electron chi connectivity index (χ1n) is 23.5. The highest BCUT2D eigenvalue weighted by Gasteiger charge is 2.31. The van der Waals surface area contributed by atoms with E-state index in [-0.39, 0.29) is 47.1 Å². The van der Waals surface area contributed by atoms with E-state index in [4.69, 9.17) is 20.0 Å². The Morgan fingerprint density at radius 2 is 1.07 bits per heavy atom. The van der Waals surface area contributed by atoms with Gasteiger partial charge in [0, 0.05) is 88.0 Å². The average molecular weight is 931 g/mol. The van der Waals surface area contributed by atoms with Gasteiger partial charge in [0.1, 0.15) is 23.8 Å². The van der Waals surface area contributed by atoms with E-state index in [0.717, 1.165) is 61.8 Å². The van der Waals surface area contributed by atoms with Crippen molar-refractivity contribution in [3.8, 4) is 12.1 Å². The number of carbonyl (C=O) groups is 2. The molecule has 8 rings (SSSR count). The third-order valence-electron chi connectivity index (χ3n) is 13.4. The number of piperazine rings is 2. The van der Waals surface area contributed by atoms with Crippen LogP contribution in [0.15, 0.2) is 58.6 Å². The van der Waals surface area contributed by atoms with Crippen molar-refractivity contribution in [1.29, 1.82) is 10.5 Å². The van der Waals surface area contributed by atoms with Gasteiger partial charge >= 0.3 is 0 Å². The number of ether oxygens (including phenoxy) is 2. The van der Waals surface area contributed by atoms with Gasteiger partial charge in [-0.1, -0.05) is 0 Å². The van der Waals surface area contributed by atoms with Crippen LogP contribution in [0.1, 0.15) is 74.6 Å². The zero-order valence-electron chi connectivity index (χ0n) is 39.5. The van der Waals surface area contributed by atoms with Crippen molar-refractivity contribution >= 4 is 34.8 Å². The number of nitrogens with one attached hydrogen (secondary N) is 2. The summed E-state index contributed by atoms with van der Waals surface area (Å²) in [6.45, 7) is 15.3. The third-order valence-corrected chi connectivity index (χ3v) is 13.4. The molecule has 4 saturated heterocycles. The van der Waals surface area contributed by atoms with Crippen LogP contribution in [-0.2, 0) is 19.1 Å². The first kappa shape index (κ1) is 49.0. The zero-order chi connectivity index (χ0) is 48.2. The molecular formula is C48H62N14O6. The number of hydrogen-bond donors (Lipinski definition) is 2.